The molecule has 0 unspecified atom stereocenters. The van der Waals surface area contributed by atoms with Crippen molar-refractivity contribution >= 4 is 20.8 Å². The van der Waals surface area contributed by atoms with E-state index in [-0.39, 0.29) is 10.5 Å². The molecule has 180 valence electrons. The largest absolute Gasteiger partial charge is 0.282 e. The molecule has 0 N–H and O–H groups in total. The highest BCUT2D eigenvalue weighted by Gasteiger charge is 2.29. The molecule has 2 aromatic heterocycles. The maximum atomic E-state index is 13.3. The first-order valence-corrected chi connectivity index (χ1v) is 13.0. The summed E-state index contributed by atoms with van der Waals surface area (Å²) in [5, 5.41) is 6.25. The Hall–Kier alpha value is -3.40. The quantitative estimate of drug-likeness (QED) is 0.428. The molecule has 2 aromatic carbocycles. The highest BCUT2D eigenvalue weighted by molar-refractivity contribution is 7.89. The molecule has 9 heteroatoms. The molecular weight excluding hydrogens is 462 g/mol. The van der Waals surface area contributed by atoms with E-state index in [1.807, 2.05) is 38.1 Å². The fourth-order valence-electron chi connectivity index (χ4n) is 4.47. The molecule has 0 atom stereocenters. The smallest absolute Gasteiger partial charge is 0.275 e. The average Bonchev–Trinajstić information content (AvgIpc) is 2.88. The number of pyridine rings is 1. The zero-order valence-corrected chi connectivity index (χ0v) is 20.6. The SMILES string of the molecule is Cc1ccc(C)c(-c2nn(CN3CCN(S(=O)(=O)c4cccnc4)CC3)c(=O)c3ccccc23)c1. The molecule has 0 radical (unpaired) electrons. The molecule has 8 nitrogen and oxygen atoms in total. The highest BCUT2D eigenvalue weighted by Crippen LogP contribution is 2.28. The van der Waals surface area contributed by atoms with E-state index >= 15 is 0 Å². The zero-order chi connectivity index (χ0) is 24.6. The van der Waals surface area contributed by atoms with Crippen LogP contribution in [0.1, 0.15) is 11.1 Å². The Balaban J connectivity index is 1.43. The van der Waals surface area contributed by atoms with Gasteiger partial charge in [0.1, 0.15) is 4.90 Å². The van der Waals surface area contributed by atoms with Gasteiger partial charge >= 0.3 is 0 Å². The number of rotatable bonds is 5. The number of aromatic nitrogens is 3. The topological polar surface area (TPSA) is 88.4 Å². The number of aryl methyl sites for hydroxylation is 2. The number of fused-ring (bicyclic) bond motifs is 1. The Labute approximate surface area is 204 Å². The molecule has 0 saturated carbocycles. The molecule has 35 heavy (non-hydrogen) atoms. The first kappa shape index (κ1) is 23.3. The van der Waals surface area contributed by atoms with E-state index in [4.69, 9.17) is 5.10 Å². The van der Waals surface area contributed by atoms with Gasteiger partial charge in [-0.05, 0) is 43.7 Å². The minimum Gasteiger partial charge on any atom is -0.282 e. The van der Waals surface area contributed by atoms with Crippen molar-refractivity contribution in [3.8, 4) is 11.3 Å². The maximum Gasteiger partial charge on any atom is 0.275 e. The minimum atomic E-state index is -3.59. The van der Waals surface area contributed by atoms with E-state index in [9.17, 15) is 13.2 Å². The van der Waals surface area contributed by atoms with Crippen LogP contribution in [0.3, 0.4) is 0 Å². The zero-order valence-electron chi connectivity index (χ0n) is 19.8. The normalized spacial score (nSPS) is 15.5. The van der Waals surface area contributed by atoms with Crippen LogP contribution in [-0.4, -0.2) is 58.6 Å². The van der Waals surface area contributed by atoms with E-state index in [2.05, 4.69) is 28.1 Å². The van der Waals surface area contributed by atoms with Crippen LogP contribution in [0.15, 0.2) is 76.7 Å². The lowest BCUT2D eigenvalue weighted by Gasteiger charge is -2.33. The molecule has 0 amide bonds. The number of sulfonamides is 1. The molecule has 0 bridgehead atoms. The van der Waals surface area contributed by atoms with Gasteiger partial charge in [0, 0.05) is 49.5 Å². The van der Waals surface area contributed by atoms with E-state index < -0.39 is 10.0 Å². The number of piperazine rings is 1. The third-order valence-corrected chi connectivity index (χ3v) is 8.34. The molecule has 0 aliphatic carbocycles. The van der Waals surface area contributed by atoms with Gasteiger partial charge in [0.2, 0.25) is 10.0 Å². The van der Waals surface area contributed by atoms with Crippen molar-refractivity contribution in [3.05, 3.63) is 88.5 Å². The summed E-state index contributed by atoms with van der Waals surface area (Å²) in [6, 6.07) is 17.0. The summed E-state index contributed by atoms with van der Waals surface area (Å²) < 4.78 is 28.8. The predicted octanol–water partition coefficient (Wildman–Crippen LogP) is 3.04. The predicted molar refractivity (Wildman–Crippen MR) is 135 cm³/mol. The lowest BCUT2D eigenvalue weighted by atomic mass is 9.99. The number of hydrogen-bond acceptors (Lipinski definition) is 6. The van der Waals surface area contributed by atoms with Gasteiger partial charge in [-0.25, -0.2) is 13.1 Å². The fourth-order valence-corrected chi connectivity index (χ4v) is 5.86. The molecule has 5 rings (SSSR count). The lowest BCUT2D eigenvalue weighted by Crippen LogP contribution is -2.49. The number of benzene rings is 2. The Morgan fingerprint density at radius 3 is 2.37 bits per heavy atom. The summed E-state index contributed by atoms with van der Waals surface area (Å²) in [6.45, 7) is 6.05. The van der Waals surface area contributed by atoms with E-state index in [1.165, 1.54) is 15.2 Å². The molecule has 1 aliphatic heterocycles. The molecule has 4 aromatic rings. The van der Waals surface area contributed by atoms with Crippen LogP contribution >= 0.6 is 0 Å². The van der Waals surface area contributed by atoms with Crippen LogP contribution < -0.4 is 5.56 Å². The first-order valence-electron chi connectivity index (χ1n) is 11.5. The number of hydrogen-bond donors (Lipinski definition) is 0. The standard InChI is InChI=1S/C26H27N5O3S/c1-19-9-10-20(2)24(16-19)25-22-7-3-4-8-23(22)26(32)31(28-25)18-29-12-14-30(15-13-29)35(33,34)21-6-5-11-27-17-21/h3-11,16-17H,12-15,18H2,1-2H3. The Kier molecular flexibility index (Phi) is 6.22. The van der Waals surface area contributed by atoms with Crippen LogP contribution in [0.4, 0.5) is 0 Å². The van der Waals surface area contributed by atoms with Crippen molar-refractivity contribution in [2.75, 3.05) is 26.2 Å². The van der Waals surface area contributed by atoms with Crippen LogP contribution in [0.2, 0.25) is 0 Å². The van der Waals surface area contributed by atoms with Gasteiger partial charge in [-0.15, -0.1) is 0 Å². The van der Waals surface area contributed by atoms with Crippen molar-refractivity contribution in [1.29, 1.82) is 0 Å². The molecule has 0 spiro atoms. The van der Waals surface area contributed by atoms with Gasteiger partial charge in [0.05, 0.1) is 17.7 Å². The van der Waals surface area contributed by atoms with Gasteiger partial charge in [0.15, 0.2) is 0 Å². The second-order valence-electron chi connectivity index (χ2n) is 8.87. The third-order valence-electron chi connectivity index (χ3n) is 6.45. The lowest BCUT2D eigenvalue weighted by molar-refractivity contribution is 0.143. The van der Waals surface area contributed by atoms with Crippen molar-refractivity contribution in [3.63, 3.8) is 0 Å². The van der Waals surface area contributed by atoms with E-state index in [1.54, 1.807) is 18.3 Å². The van der Waals surface area contributed by atoms with Crippen molar-refractivity contribution in [2.24, 2.45) is 0 Å². The van der Waals surface area contributed by atoms with Crippen LogP contribution in [0.5, 0.6) is 0 Å². The number of nitrogens with zero attached hydrogens (tertiary/aromatic N) is 5. The van der Waals surface area contributed by atoms with Gasteiger partial charge in [-0.2, -0.15) is 9.40 Å². The summed E-state index contributed by atoms with van der Waals surface area (Å²) in [7, 11) is -3.59. The molecular formula is C26H27N5O3S. The summed E-state index contributed by atoms with van der Waals surface area (Å²) >= 11 is 0. The Morgan fingerprint density at radius 2 is 1.66 bits per heavy atom. The molecule has 1 fully saturated rings. The fraction of sp³-hybridized carbons (Fsp3) is 0.269. The third kappa shape index (κ3) is 4.50. The second kappa shape index (κ2) is 9.33. The van der Waals surface area contributed by atoms with Crippen LogP contribution in [-0.2, 0) is 16.7 Å². The molecule has 3 heterocycles. The van der Waals surface area contributed by atoms with Gasteiger partial charge < -0.3 is 0 Å². The van der Waals surface area contributed by atoms with Crippen LogP contribution in [0, 0.1) is 13.8 Å². The first-order chi connectivity index (χ1) is 16.8. The van der Waals surface area contributed by atoms with Crippen LogP contribution in [0.25, 0.3) is 22.0 Å². The Bertz CT molecular complexity index is 1540. The molecule has 1 aliphatic rings. The van der Waals surface area contributed by atoms with Gasteiger partial charge in [0.25, 0.3) is 5.56 Å². The Morgan fingerprint density at radius 1 is 0.914 bits per heavy atom. The maximum absolute atomic E-state index is 13.3. The van der Waals surface area contributed by atoms with Gasteiger partial charge in [-0.3, -0.25) is 14.7 Å². The summed E-state index contributed by atoms with van der Waals surface area (Å²) in [5.41, 5.74) is 3.84. The second-order valence-corrected chi connectivity index (χ2v) is 10.8. The van der Waals surface area contributed by atoms with Crippen molar-refractivity contribution in [2.45, 2.75) is 25.4 Å². The molecule has 1 saturated heterocycles. The monoisotopic (exact) mass is 489 g/mol. The van der Waals surface area contributed by atoms with E-state index in [0.29, 0.717) is 38.2 Å². The van der Waals surface area contributed by atoms with E-state index in [0.717, 1.165) is 27.8 Å². The summed E-state index contributed by atoms with van der Waals surface area (Å²) in [4.78, 5) is 19.5. The summed E-state index contributed by atoms with van der Waals surface area (Å²) in [5.74, 6) is 0. The average molecular weight is 490 g/mol. The minimum absolute atomic E-state index is 0.153. The van der Waals surface area contributed by atoms with Crippen molar-refractivity contribution < 1.29 is 8.42 Å². The highest BCUT2D eigenvalue weighted by atomic mass is 32.2. The van der Waals surface area contributed by atoms with Crippen molar-refractivity contribution in [1.82, 2.24) is 24.0 Å². The summed E-state index contributed by atoms with van der Waals surface area (Å²) in [6.07, 6.45) is 2.92. The van der Waals surface area contributed by atoms with Gasteiger partial charge in [-0.1, -0.05) is 35.9 Å².